The highest BCUT2D eigenvalue weighted by atomic mass is 16.5. The Kier molecular flexibility index (Phi) is 3.60. The number of fused-ring (bicyclic) bond motifs is 1. The summed E-state index contributed by atoms with van der Waals surface area (Å²) >= 11 is 0. The molecule has 0 N–H and O–H groups in total. The molecule has 114 valence electrons. The van der Waals surface area contributed by atoms with Gasteiger partial charge in [-0.25, -0.2) is 15.0 Å². The third-order valence-electron chi connectivity index (χ3n) is 4.25. The predicted molar refractivity (Wildman–Crippen MR) is 80.8 cm³/mol. The molecule has 0 amide bonds. The van der Waals surface area contributed by atoms with E-state index in [4.69, 9.17) is 9.47 Å². The van der Waals surface area contributed by atoms with Crippen LogP contribution in [0.15, 0.2) is 42.9 Å². The molecule has 0 aromatic carbocycles. The highest BCUT2D eigenvalue weighted by Gasteiger charge is 2.45. The molecule has 22 heavy (non-hydrogen) atoms. The van der Waals surface area contributed by atoms with Crippen LogP contribution in [0.3, 0.4) is 0 Å². The first-order valence-corrected chi connectivity index (χ1v) is 7.65. The maximum Gasteiger partial charge on any atom is 0.225 e. The standard InChI is InChI=1S/C16H18N4O2/c1-2-7-17-14(4-1)22-13-6-5-12-15(13)21-11-10-20(12)16-18-8-3-9-19-16/h1-4,7-9,12-13,15H,5-6,10-11H2/t12-,13-,15+/m0/s1. The summed E-state index contributed by atoms with van der Waals surface area (Å²) in [4.78, 5) is 15.2. The van der Waals surface area contributed by atoms with Crippen LogP contribution in [0.5, 0.6) is 5.88 Å². The Balaban J connectivity index is 1.51. The Hall–Kier alpha value is -2.21. The van der Waals surface area contributed by atoms with Crippen molar-refractivity contribution in [1.82, 2.24) is 15.0 Å². The fraction of sp³-hybridized carbons (Fsp3) is 0.438. The molecule has 2 fully saturated rings. The van der Waals surface area contributed by atoms with Gasteiger partial charge in [0.05, 0.1) is 12.6 Å². The summed E-state index contributed by atoms with van der Waals surface area (Å²) in [7, 11) is 0. The topological polar surface area (TPSA) is 60.4 Å². The lowest BCUT2D eigenvalue weighted by Gasteiger charge is -2.38. The molecule has 2 aromatic rings. The fourth-order valence-electron chi connectivity index (χ4n) is 3.30. The van der Waals surface area contributed by atoms with Crippen molar-refractivity contribution in [3.63, 3.8) is 0 Å². The number of nitrogens with zero attached hydrogens (tertiary/aromatic N) is 4. The molecular formula is C16H18N4O2. The summed E-state index contributed by atoms with van der Waals surface area (Å²) in [5.74, 6) is 1.43. The average molecular weight is 298 g/mol. The van der Waals surface area contributed by atoms with Gasteiger partial charge in [-0.15, -0.1) is 0 Å². The monoisotopic (exact) mass is 298 g/mol. The minimum Gasteiger partial charge on any atom is -0.471 e. The highest BCUT2D eigenvalue weighted by molar-refractivity contribution is 5.33. The fourth-order valence-corrected chi connectivity index (χ4v) is 3.30. The first-order valence-electron chi connectivity index (χ1n) is 7.65. The van der Waals surface area contributed by atoms with E-state index >= 15 is 0 Å². The van der Waals surface area contributed by atoms with Crippen LogP contribution in [0.2, 0.25) is 0 Å². The summed E-state index contributed by atoms with van der Waals surface area (Å²) in [6.07, 6.45) is 7.35. The molecule has 1 saturated heterocycles. The lowest BCUT2D eigenvalue weighted by molar-refractivity contribution is -0.0322. The lowest BCUT2D eigenvalue weighted by Crippen LogP contribution is -2.53. The molecule has 1 saturated carbocycles. The van der Waals surface area contributed by atoms with Gasteiger partial charge in [0.2, 0.25) is 11.8 Å². The lowest BCUT2D eigenvalue weighted by atomic mass is 10.1. The largest absolute Gasteiger partial charge is 0.471 e. The second-order valence-corrected chi connectivity index (χ2v) is 5.55. The van der Waals surface area contributed by atoms with E-state index in [1.165, 1.54) is 0 Å². The van der Waals surface area contributed by atoms with E-state index in [-0.39, 0.29) is 18.2 Å². The molecule has 4 rings (SSSR count). The summed E-state index contributed by atoms with van der Waals surface area (Å²) in [5, 5.41) is 0. The van der Waals surface area contributed by atoms with Crippen LogP contribution in [-0.2, 0) is 4.74 Å². The average Bonchev–Trinajstić information content (AvgIpc) is 3.00. The molecule has 3 atom stereocenters. The number of anilines is 1. The van der Waals surface area contributed by atoms with Crippen molar-refractivity contribution in [2.75, 3.05) is 18.1 Å². The molecule has 1 aliphatic carbocycles. The second kappa shape index (κ2) is 5.88. The van der Waals surface area contributed by atoms with Gasteiger partial charge in [0.25, 0.3) is 0 Å². The molecule has 6 nitrogen and oxygen atoms in total. The van der Waals surface area contributed by atoms with E-state index in [0.29, 0.717) is 12.5 Å². The normalized spacial score (nSPS) is 27.5. The quantitative estimate of drug-likeness (QED) is 0.859. The van der Waals surface area contributed by atoms with Crippen molar-refractivity contribution >= 4 is 5.95 Å². The van der Waals surface area contributed by atoms with E-state index < -0.39 is 0 Å². The minimum absolute atomic E-state index is 0.0337. The number of ether oxygens (including phenoxy) is 2. The molecule has 2 aromatic heterocycles. The molecule has 2 aliphatic rings. The van der Waals surface area contributed by atoms with Crippen LogP contribution >= 0.6 is 0 Å². The van der Waals surface area contributed by atoms with Crippen molar-refractivity contribution in [3.8, 4) is 5.88 Å². The number of hydrogen-bond donors (Lipinski definition) is 0. The van der Waals surface area contributed by atoms with Crippen LogP contribution in [-0.4, -0.2) is 46.4 Å². The van der Waals surface area contributed by atoms with Crippen LogP contribution in [0.1, 0.15) is 12.8 Å². The van der Waals surface area contributed by atoms with Crippen molar-refractivity contribution in [2.45, 2.75) is 31.1 Å². The molecule has 0 spiro atoms. The van der Waals surface area contributed by atoms with Gasteiger partial charge in [0.15, 0.2) is 0 Å². The molecule has 0 radical (unpaired) electrons. The van der Waals surface area contributed by atoms with E-state index in [1.54, 1.807) is 18.6 Å². The zero-order valence-electron chi connectivity index (χ0n) is 12.2. The molecule has 0 bridgehead atoms. The first kappa shape index (κ1) is 13.5. The van der Waals surface area contributed by atoms with Gasteiger partial charge in [-0.3, -0.25) is 0 Å². The number of morpholine rings is 1. The SMILES string of the molecule is c1ccc(O[C@H]2CC[C@H]3[C@H]2OCCN3c2ncccn2)nc1. The van der Waals surface area contributed by atoms with Crippen molar-refractivity contribution in [2.24, 2.45) is 0 Å². The smallest absolute Gasteiger partial charge is 0.225 e. The van der Waals surface area contributed by atoms with Crippen LogP contribution in [0, 0.1) is 0 Å². The number of rotatable bonds is 3. The summed E-state index contributed by atoms with van der Waals surface area (Å²) in [5.41, 5.74) is 0. The first-order chi connectivity index (χ1) is 10.9. The van der Waals surface area contributed by atoms with Gasteiger partial charge in [0.1, 0.15) is 12.2 Å². The van der Waals surface area contributed by atoms with E-state index in [0.717, 1.165) is 25.3 Å². The Morgan fingerprint density at radius 3 is 2.73 bits per heavy atom. The number of pyridine rings is 1. The van der Waals surface area contributed by atoms with Crippen LogP contribution < -0.4 is 9.64 Å². The summed E-state index contributed by atoms with van der Waals surface area (Å²) < 4.78 is 12.0. The zero-order chi connectivity index (χ0) is 14.8. The third-order valence-corrected chi connectivity index (χ3v) is 4.25. The van der Waals surface area contributed by atoms with Gasteiger partial charge in [0, 0.05) is 31.2 Å². The Bertz CT molecular complexity index is 610. The van der Waals surface area contributed by atoms with Gasteiger partial charge in [-0.1, -0.05) is 6.07 Å². The maximum atomic E-state index is 6.03. The highest BCUT2D eigenvalue weighted by Crippen LogP contribution is 2.33. The van der Waals surface area contributed by atoms with Gasteiger partial charge < -0.3 is 14.4 Å². The third kappa shape index (κ3) is 2.50. The van der Waals surface area contributed by atoms with Crippen LogP contribution in [0.25, 0.3) is 0 Å². The molecular weight excluding hydrogens is 280 g/mol. The molecule has 1 aliphatic heterocycles. The van der Waals surface area contributed by atoms with Gasteiger partial charge in [-0.2, -0.15) is 0 Å². The summed E-state index contributed by atoms with van der Waals surface area (Å²) in [6.45, 7) is 1.49. The molecule has 3 heterocycles. The van der Waals surface area contributed by atoms with Gasteiger partial charge in [-0.05, 0) is 25.0 Å². The van der Waals surface area contributed by atoms with Crippen molar-refractivity contribution < 1.29 is 9.47 Å². The number of aromatic nitrogens is 3. The van der Waals surface area contributed by atoms with Crippen LogP contribution in [0.4, 0.5) is 5.95 Å². The zero-order valence-corrected chi connectivity index (χ0v) is 12.2. The summed E-state index contributed by atoms with van der Waals surface area (Å²) in [6, 6.07) is 7.80. The Morgan fingerprint density at radius 2 is 1.91 bits per heavy atom. The van der Waals surface area contributed by atoms with Crippen molar-refractivity contribution in [1.29, 1.82) is 0 Å². The van der Waals surface area contributed by atoms with E-state index in [2.05, 4.69) is 19.9 Å². The van der Waals surface area contributed by atoms with Gasteiger partial charge >= 0.3 is 0 Å². The number of hydrogen-bond acceptors (Lipinski definition) is 6. The van der Waals surface area contributed by atoms with E-state index in [9.17, 15) is 0 Å². The predicted octanol–water partition coefficient (Wildman–Crippen LogP) is 1.69. The Morgan fingerprint density at radius 1 is 1.05 bits per heavy atom. The second-order valence-electron chi connectivity index (χ2n) is 5.55. The minimum atomic E-state index is 0.0337. The Labute approximate surface area is 129 Å². The molecule has 0 unspecified atom stereocenters. The van der Waals surface area contributed by atoms with E-state index in [1.807, 2.05) is 24.3 Å². The van der Waals surface area contributed by atoms with Crippen molar-refractivity contribution in [3.05, 3.63) is 42.9 Å². The maximum absolute atomic E-state index is 6.03. The molecule has 6 heteroatoms.